The number of hydrogen-bond donors (Lipinski definition) is 0. The molecule has 0 amide bonds. The Morgan fingerprint density at radius 2 is 2.09 bits per heavy atom. The molecule has 0 aromatic carbocycles. The van der Waals surface area contributed by atoms with E-state index in [0.29, 0.717) is 0 Å². The molecule has 1 nitrogen and oxygen atoms in total. The third kappa shape index (κ3) is 5.71. The van der Waals surface area contributed by atoms with E-state index in [1.54, 1.807) is 0 Å². The number of hydrogen-bond acceptors (Lipinski definition) is 1. The van der Waals surface area contributed by atoms with Gasteiger partial charge in [-0.3, -0.25) is 0 Å². The number of ether oxygens (including phenoxy) is 1. The summed E-state index contributed by atoms with van der Waals surface area (Å²) in [6.45, 7) is 6.98. The molecular formula is C10H18O. The first-order valence-corrected chi connectivity index (χ1v) is 4.27. The molecule has 0 heterocycles. The van der Waals surface area contributed by atoms with Crippen LogP contribution in [0.4, 0.5) is 0 Å². The minimum atomic E-state index is 0.834. The van der Waals surface area contributed by atoms with E-state index in [1.165, 1.54) is 6.42 Å². The van der Waals surface area contributed by atoms with E-state index in [1.807, 2.05) is 32.1 Å². The Kier molecular flexibility index (Phi) is 6.90. The first kappa shape index (κ1) is 10.3. The minimum Gasteiger partial charge on any atom is -0.494 e. The highest BCUT2D eigenvalue weighted by Gasteiger charge is 1.88. The SMILES string of the molecule is CC=CC(=CC)OCCCC. The van der Waals surface area contributed by atoms with Crippen LogP contribution in [-0.2, 0) is 4.74 Å². The summed E-state index contributed by atoms with van der Waals surface area (Å²) in [4.78, 5) is 0. The average Bonchev–Trinajstić information content (AvgIpc) is 2.03. The molecule has 0 saturated carbocycles. The summed E-state index contributed by atoms with van der Waals surface area (Å²) < 4.78 is 5.45. The quantitative estimate of drug-likeness (QED) is 0.335. The van der Waals surface area contributed by atoms with Gasteiger partial charge in [-0.1, -0.05) is 19.4 Å². The fourth-order valence-corrected chi connectivity index (χ4v) is 0.726. The van der Waals surface area contributed by atoms with E-state index in [0.717, 1.165) is 18.8 Å². The monoisotopic (exact) mass is 154 g/mol. The van der Waals surface area contributed by atoms with Crippen LogP contribution in [0.25, 0.3) is 0 Å². The van der Waals surface area contributed by atoms with E-state index < -0.39 is 0 Å². The standard InChI is InChI=1S/C10H18O/c1-4-7-9-11-10(6-3)8-5-2/h5-6,8H,4,7,9H2,1-3H3. The third-order valence-electron chi connectivity index (χ3n) is 1.38. The lowest BCUT2D eigenvalue weighted by molar-refractivity contribution is 0.219. The summed E-state index contributed by atoms with van der Waals surface area (Å²) in [5.41, 5.74) is 0. The molecule has 0 atom stereocenters. The van der Waals surface area contributed by atoms with Crippen molar-refractivity contribution < 1.29 is 4.74 Å². The summed E-state index contributed by atoms with van der Waals surface area (Å²) in [6, 6.07) is 0. The largest absolute Gasteiger partial charge is 0.494 e. The maximum Gasteiger partial charge on any atom is 0.114 e. The van der Waals surface area contributed by atoms with Gasteiger partial charge < -0.3 is 4.74 Å². The number of unbranched alkanes of at least 4 members (excludes halogenated alkanes) is 1. The van der Waals surface area contributed by atoms with Crippen molar-refractivity contribution in [1.29, 1.82) is 0 Å². The third-order valence-corrected chi connectivity index (χ3v) is 1.38. The molecule has 0 rings (SSSR count). The first-order chi connectivity index (χ1) is 5.35. The number of rotatable bonds is 5. The second-order valence-electron chi connectivity index (χ2n) is 2.39. The van der Waals surface area contributed by atoms with Crippen LogP contribution in [0.5, 0.6) is 0 Å². The van der Waals surface area contributed by atoms with Crippen molar-refractivity contribution in [2.45, 2.75) is 33.6 Å². The van der Waals surface area contributed by atoms with Crippen molar-refractivity contribution >= 4 is 0 Å². The molecule has 0 aromatic heterocycles. The molecule has 0 saturated heterocycles. The molecule has 64 valence electrons. The molecule has 0 spiro atoms. The Balaban J connectivity index is 3.54. The summed E-state index contributed by atoms with van der Waals surface area (Å²) >= 11 is 0. The van der Waals surface area contributed by atoms with Crippen molar-refractivity contribution in [3.05, 3.63) is 24.0 Å². The van der Waals surface area contributed by atoms with Crippen LogP contribution >= 0.6 is 0 Å². The Labute approximate surface area is 69.8 Å². The Morgan fingerprint density at radius 3 is 2.55 bits per heavy atom. The van der Waals surface area contributed by atoms with Gasteiger partial charge in [-0.25, -0.2) is 0 Å². The first-order valence-electron chi connectivity index (χ1n) is 4.27. The highest BCUT2D eigenvalue weighted by Crippen LogP contribution is 2.00. The van der Waals surface area contributed by atoms with E-state index >= 15 is 0 Å². The van der Waals surface area contributed by atoms with Gasteiger partial charge in [0.2, 0.25) is 0 Å². The zero-order valence-corrected chi connectivity index (χ0v) is 7.76. The molecule has 0 N–H and O–H groups in total. The summed E-state index contributed by atoms with van der Waals surface area (Å²) in [7, 11) is 0. The number of allylic oxidation sites excluding steroid dienone is 3. The van der Waals surface area contributed by atoms with E-state index in [4.69, 9.17) is 4.74 Å². The van der Waals surface area contributed by atoms with Crippen LogP contribution in [0, 0.1) is 0 Å². The van der Waals surface area contributed by atoms with Gasteiger partial charge in [-0.2, -0.15) is 0 Å². The molecule has 11 heavy (non-hydrogen) atoms. The summed E-state index contributed by atoms with van der Waals surface area (Å²) in [5, 5.41) is 0. The van der Waals surface area contributed by atoms with Gasteiger partial charge in [0.1, 0.15) is 5.76 Å². The van der Waals surface area contributed by atoms with Crippen LogP contribution in [0.2, 0.25) is 0 Å². The van der Waals surface area contributed by atoms with Gasteiger partial charge in [0, 0.05) is 0 Å². The fraction of sp³-hybridized carbons (Fsp3) is 0.600. The Morgan fingerprint density at radius 1 is 1.36 bits per heavy atom. The zero-order valence-electron chi connectivity index (χ0n) is 7.76. The smallest absolute Gasteiger partial charge is 0.114 e. The van der Waals surface area contributed by atoms with Crippen LogP contribution in [0.3, 0.4) is 0 Å². The van der Waals surface area contributed by atoms with Crippen LogP contribution < -0.4 is 0 Å². The van der Waals surface area contributed by atoms with Gasteiger partial charge in [0.05, 0.1) is 6.61 Å². The van der Waals surface area contributed by atoms with Gasteiger partial charge >= 0.3 is 0 Å². The molecule has 0 aliphatic carbocycles. The highest BCUT2D eigenvalue weighted by molar-refractivity contribution is 5.09. The average molecular weight is 154 g/mol. The van der Waals surface area contributed by atoms with Crippen molar-refractivity contribution in [2.75, 3.05) is 6.61 Å². The van der Waals surface area contributed by atoms with E-state index in [-0.39, 0.29) is 0 Å². The van der Waals surface area contributed by atoms with Gasteiger partial charge in [-0.05, 0) is 32.4 Å². The van der Waals surface area contributed by atoms with Crippen molar-refractivity contribution in [3.8, 4) is 0 Å². The van der Waals surface area contributed by atoms with Gasteiger partial charge in [0.15, 0.2) is 0 Å². The second kappa shape index (κ2) is 7.39. The molecule has 0 unspecified atom stereocenters. The lowest BCUT2D eigenvalue weighted by atomic mass is 10.3. The normalized spacial score (nSPS) is 12.5. The molecule has 0 aliphatic rings. The molecule has 0 fully saturated rings. The molecule has 0 radical (unpaired) electrons. The minimum absolute atomic E-state index is 0.834. The topological polar surface area (TPSA) is 9.23 Å². The zero-order chi connectivity index (χ0) is 8.53. The molecule has 0 aromatic rings. The van der Waals surface area contributed by atoms with Crippen LogP contribution in [0.1, 0.15) is 33.6 Å². The molecular weight excluding hydrogens is 136 g/mol. The van der Waals surface area contributed by atoms with Gasteiger partial charge in [0.25, 0.3) is 0 Å². The van der Waals surface area contributed by atoms with Crippen molar-refractivity contribution in [1.82, 2.24) is 0 Å². The van der Waals surface area contributed by atoms with Crippen LogP contribution in [-0.4, -0.2) is 6.61 Å². The lowest BCUT2D eigenvalue weighted by Gasteiger charge is -2.04. The fourth-order valence-electron chi connectivity index (χ4n) is 0.726. The van der Waals surface area contributed by atoms with Gasteiger partial charge in [-0.15, -0.1) is 0 Å². The Bertz CT molecular complexity index is 134. The van der Waals surface area contributed by atoms with Crippen molar-refractivity contribution in [2.24, 2.45) is 0 Å². The summed E-state index contributed by atoms with van der Waals surface area (Å²) in [6.07, 6.45) is 8.27. The molecule has 1 heteroatoms. The predicted octanol–water partition coefficient (Wildman–Crippen LogP) is 3.28. The predicted molar refractivity (Wildman–Crippen MR) is 49.4 cm³/mol. The van der Waals surface area contributed by atoms with Crippen LogP contribution in [0.15, 0.2) is 24.0 Å². The van der Waals surface area contributed by atoms with E-state index in [2.05, 4.69) is 6.92 Å². The molecule has 0 aliphatic heterocycles. The second-order valence-corrected chi connectivity index (χ2v) is 2.39. The van der Waals surface area contributed by atoms with Crippen molar-refractivity contribution in [3.63, 3.8) is 0 Å². The highest BCUT2D eigenvalue weighted by atomic mass is 16.5. The maximum absolute atomic E-state index is 5.45. The van der Waals surface area contributed by atoms with E-state index in [9.17, 15) is 0 Å². The Hall–Kier alpha value is -0.720. The summed E-state index contributed by atoms with van der Waals surface area (Å²) in [5.74, 6) is 0.973. The lowest BCUT2D eigenvalue weighted by Crippen LogP contribution is -1.91. The maximum atomic E-state index is 5.45. The molecule has 0 bridgehead atoms.